The van der Waals surface area contributed by atoms with Crippen LogP contribution in [0.5, 0.6) is 5.75 Å². The normalized spacial score (nSPS) is 35.6. The van der Waals surface area contributed by atoms with E-state index in [4.69, 9.17) is 14.2 Å². The number of carbonyl (C=O) groups is 3. The molecule has 0 saturated carbocycles. The lowest BCUT2D eigenvalue weighted by Gasteiger charge is -2.49. The van der Waals surface area contributed by atoms with Crippen molar-refractivity contribution in [2.45, 2.75) is 69.4 Å². The fourth-order valence-electron chi connectivity index (χ4n) is 5.62. The monoisotopic (exact) mass is 473 g/mol. The van der Waals surface area contributed by atoms with Crippen molar-refractivity contribution in [1.29, 1.82) is 0 Å². The number of hydroxylamine groups is 3. The first-order valence-corrected chi connectivity index (χ1v) is 11.3. The second kappa shape index (κ2) is 7.69. The lowest BCUT2D eigenvalue weighted by Crippen LogP contribution is -2.57. The molecule has 3 aliphatic heterocycles. The minimum Gasteiger partial charge on any atom is -0.633 e. The predicted octanol–water partition coefficient (Wildman–Crippen LogP) is 1.32. The van der Waals surface area contributed by atoms with Crippen LogP contribution < -0.4 is 0 Å². The first kappa shape index (κ1) is 23.1. The summed E-state index contributed by atoms with van der Waals surface area (Å²) in [5, 5.41) is 34.3. The third-order valence-electron chi connectivity index (χ3n) is 7.35. The number of hydrogen-bond acceptors (Lipinski definition) is 9. The molecule has 0 unspecified atom stereocenters. The third kappa shape index (κ3) is 3.32. The van der Waals surface area contributed by atoms with Gasteiger partial charge < -0.3 is 34.3 Å². The Morgan fingerprint density at radius 3 is 2.44 bits per heavy atom. The van der Waals surface area contributed by atoms with E-state index in [-0.39, 0.29) is 40.7 Å². The van der Waals surface area contributed by atoms with Gasteiger partial charge in [0.2, 0.25) is 0 Å². The largest absolute Gasteiger partial charge is 0.633 e. The Morgan fingerprint density at radius 1 is 1.06 bits per heavy atom. The Morgan fingerprint density at radius 2 is 1.76 bits per heavy atom. The number of phenols is 1. The van der Waals surface area contributed by atoms with Crippen molar-refractivity contribution in [2.24, 2.45) is 0 Å². The SMILES string of the molecule is C[C@H]1O[C@@H]2CC(=O)O[C@@H]2C2=C1C(=O)c1c(ccc([C@H]3C[C@@H]([N+](C)(C)[O-])[C@H](O)[C@@H](C)O3)c1O)C2=O. The van der Waals surface area contributed by atoms with Crippen molar-refractivity contribution in [3.05, 3.63) is 45.2 Å². The van der Waals surface area contributed by atoms with E-state index in [9.17, 15) is 29.8 Å². The molecule has 1 aromatic carbocycles. The maximum absolute atomic E-state index is 13.5. The number of likely N-dealkylation sites (N-methyl/N-ethyl adjacent to an activating group) is 1. The quantitative estimate of drug-likeness (QED) is 0.369. The summed E-state index contributed by atoms with van der Waals surface area (Å²) in [6.45, 7) is 3.26. The van der Waals surface area contributed by atoms with Crippen molar-refractivity contribution in [2.75, 3.05) is 14.1 Å². The number of Topliss-reactive ketones (excluding diaryl/α,β-unsaturated/α-hetero) is 2. The summed E-state index contributed by atoms with van der Waals surface area (Å²) in [6, 6.07) is 2.24. The zero-order valence-corrected chi connectivity index (χ0v) is 19.3. The first-order chi connectivity index (χ1) is 15.9. The van der Waals surface area contributed by atoms with Crippen LogP contribution in [0.2, 0.25) is 0 Å². The number of ketones is 2. The van der Waals surface area contributed by atoms with Gasteiger partial charge in [0, 0.05) is 23.1 Å². The molecule has 1 aromatic rings. The van der Waals surface area contributed by atoms with Gasteiger partial charge in [0.1, 0.15) is 24.0 Å². The number of carbonyl (C=O) groups excluding carboxylic acids is 3. The van der Waals surface area contributed by atoms with Gasteiger partial charge in [-0.1, -0.05) is 6.07 Å². The molecule has 5 rings (SSSR count). The Kier molecular flexibility index (Phi) is 5.23. The highest BCUT2D eigenvalue weighted by molar-refractivity contribution is 6.29. The number of hydrogen-bond donors (Lipinski definition) is 2. The van der Waals surface area contributed by atoms with Crippen LogP contribution in [0.3, 0.4) is 0 Å². The van der Waals surface area contributed by atoms with E-state index in [1.807, 2.05) is 0 Å². The maximum atomic E-state index is 13.5. The summed E-state index contributed by atoms with van der Waals surface area (Å²) in [4.78, 5) is 38.8. The van der Waals surface area contributed by atoms with Crippen molar-refractivity contribution < 1.29 is 43.5 Å². The van der Waals surface area contributed by atoms with E-state index in [0.717, 1.165) is 0 Å². The summed E-state index contributed by atoms with van der Waals surface area (Å²) in [7, 11) is 2.86. The number of phenolic OH excluding ortho intramolecular Hbond substituents is 1. The molecule has 2 N–H and O–H groups in total. The number of esters is 1. The minimum atomic E-state index is -0.998. The molecule has 7 atom stereocenters. The molecule has 0 bridgehead atoms. The van der Waals surface area contributed by atoms with Crippen LogP contribution >= 0.6 is 0 Å². The molecule has 3 heterocycles. The molecule has 0 aromatic heterocycles. The van der Waals surface area contributed by atoms with E-state index >= 15 is 0 Å². The van der Waals surface area contributed by atoms with Gasteiger partial charge in [-0.25, -0.2) is 0 Å². The van der Waals surface area contributed by atoms with Gasteiger partial charge in [0.05, 0.1) is 50.0 Å². The summed E-state index contributed by atoms with van der Waals surface area (Å²) in [5.74, 6) is -1.96. The van der Waals surface area contributed by atoms with Crippen molar-refractivity contribution >= 4 is 17.5 Å². The molecule has 10 heteroatoms. The highest BCUT2D eigenvalue weighted by Gasteiger charge is 2.52. The lowest BCUT2D eigenvalue weighted by molar-refractivity contribution is -0.874. The Bertz CT molecular complexity index is 1130. The number of aliphatic hydroxyl groups excluding tert-OH is 1. The fourth-order valence-corrected chi connectivity index (χ4v) is 5.62. The number of fused-ring (bicyclic) bond motifs is 3. The van der Waals surface area contributed by atoms with Gasteiger partial charge in [0.25, 0.3) is 0 Å². The van der Waals surface area contributed by atoms with Crippen LogP contribution in [0.15, 0.2) is 23.3 Å². The summed E-state index contributed by atoms with van der Waals surface area (Å²) >= 11 is 0. The molecule has 4 aliphatic rings. The Balaban J connectivity index is 1.57. The zero-order valence-electron chi connectivity index (χ0n) is 19.3. The van der Waals surface area contributed by atoms with Crippen LogP contribution in [0.25, 0.3) is 0 Å². The molecule has 34 heavy (non-hydrogen) atoms. The number of ether oxygens (including phenoxy) is 3. The van der Waals surface area contributed by atoms with Gasteiger partial charge in [-0.05, 0) is 19.9 Å². The molecule has 2 fully saturated rings. The van der Waals surface area contributed by atoms with Crippen LogP contribution in [-0.4, -0.2) is 83.1 Å². The number of aromatic hydroxyl groups is 1. The minimum absolute atomic E-state index is 0.00307. The summed E-state index contributed by atoms with van der Waals surface area (Å²) in [6.07, 6.45) is -4.68. The van der Waals surface area contributed by atoms with Gasteiger partial charge in [-0.3, -0.25) is 14.4 Å². The Labute approximate surface area is 195 Å². The lowest BCUT2D eigenvalue weighted by atomic mass is 9.76. The number of quaternary nitrogens is 1. The van der Waals surface area contributed by atoms with E-state index in [0.29, 0.717) is 0 Å². The molecular weight excluding hydrogens is 446 g/mol. The highest BCUT2D eigenvalue weighted by atomic mass is 16.6. The van der Waals surface area contributed by atoms with Crippen molar-refractivity contribution in [1.82, 2.24) is 0 Å². The second-order valence-electron chi connectivity index (χ2n) is 9.90. The van der Waals surface area contributed by atoms with Crippen LogP contribution in [0.4, 0.5) is 0 Å². The standard InChI is InChI=1S/C24H27NO9/c1-9-17-19(24-15(32-9)8-16(26)34-24)22(29)12-6-5-11(21(28)18(12)23(17)30)14-7-13(25(3,4)31)20(27)10(2)33-14/h5-6,9-10,13-15,20,24,27-28H,7-8H2,1-4H3/t9-,10-,13-,14-,15-,20-,24+/m1/s1. The summed E-state index contributed by atoms with van der Waals surface area (Å²) in [5.41, 5.74) is 0.297. The molecular formula is C24H27NO9. The van der Waals surface area contributed by atoms with E-state index in [1.165, 1.54) is 26.2 Å². The fraction of sp³-hybridized carbons (Fsp3) is 0.542. The van der Waals surface area contributed by atoms with Crippen LogP contribution in [0, 0.1) is 5.21 Å². The smallest absolute Gasteiger partial charge is 0.309 e. The first-order valence-electron chi connectivity index (χ1n) is 11.3. The second-order valence-corrected chi connectivity index (χ2v) is 9.90. The van der Waals surface area contributed by atoms with Crippen LogP contribution in [-0.2, 0) is 19.0 Å². The van der Waals surface area contributed by atoms with Gasteiger partial charge >= 0.3 is 5.97 Å². The predicted molar refractivity (Wildman–Crippen MR) is 116 cm³/mol. The number of benzene rings is 1. The molecule has 2 saturated heterocycles. The molecule has 0 amide bonds. The van der Waals surface area contributed by atoms with E-state index < -0.39 is 70.6 Å². The van der Waals surface area contributed by atoms with Crippen molar-refractivity contribution in [3.8, 4) is 5.75 Å². The molecule has 1 aliphatic carbocycles. The van der Waals surface area contributed by atoms with E-state index in [2.05, 4.69) is 0 Å². The topological polar surface area (TPSA) is 142 Å². The number of rotatable bonds is 2. The highest BCUT2D eigenvalue weighted by Crippen LogP contribution is 2.46. The van der Waals surface area contributed by atoms with Gasteiger partial charge in [-0.15, -0.1) is 0 Å². The number of aliphatic hydroxyl groups is 1. The van der Waals surface area contributed by atoms with Gasteiger partial charge in [-0.2, -0.15) is 0 Å². The van der Waals surface area contributed by atoms with Crippen molar-refractivity contribution in [3.63, 3.8) is 0 Å². The van der Waals surface area contributed by atoms with Gasteiger partial charge in [0.15, 0.2) is 17.7 Å². The van der Waals surface area contributed by atoms with Crippen LogP contribution in [0.1, 0.15) is 59.1 Å². The number of nitrogens with zero attached hydrogens (tertiary/aromatic N) is 1. The average molecular weight is 473 g/mol. The van der Waals surface area contributed by atoms with E-state index in [1.54, 1.807) is 13.8 Å². The molecule has 182 valence electrons. The Hall–Kier alpha value is -2.63. The molecule has 0 radical (unpaired) electrons. The summed E-state index contributed by atoms with van der Waals surface area (Å²) < 4.78 is 16.2. The molecule has 10 nitrogen and oxygen atoms in total. The maximum Gasteiger partial charge on any atom is 0.309 e. The molecule has 0 spiro atoms. The average Bonchev–Trinajstić information content (AvgIpc) is 3.11. The third-order valence-corrected chi connectivity index (χ3v) is 7.35. The zero-order chi connectivity index (χ0) is 24.7.